The normalized spacial score (nSPS) is 13.3. The third kappa shape index (κ3) is 70.4. The van der Waals surface area contributed by atoms with Crippen molar-refractivity contribution in [2.24, 2.45) is 5.73 Å². The van der Waals surface area contributed by atoms with Crippen LogP contribution in [0.2, 0.25) is 0 Å². The smallest absolute Gasteiger partial charge is 0.462 e. The quantitative estimate of drug-likeness (QED) is 0.0264. The third-order valence-electron chi connectivity index (χ3n) is 16.1. The predicted octanol–water partition coefficient (Wildman–Crippen LogP) is 24.0. The van der Waals surface area contributed by atoms with Crippen LogP contribution in [0.3, 0.4) is 0 Å². The van der Waals surface area contributed by atoms with Crippen molar-refractivity contribution in [3.63, 3.8) is 0 Å². The third-order valence-corrected chi connectivity index (χ3v) is 17.1. The van der Waals surface area contributed by atoms with E-state index in [1.54, 1.807) is 0 Å². The van der Waals surface area contributed by atoms with E-state index in [0.717, 1.165) is 64.2 Å². The van der Waals surface area contributed by atoms with Gasteiger partial charge in [-0.15, -0.1) is 0 Å². The number of ether oxygens (including phenoxy) is 2. The molecule has 0 aromatic carbocycles. The van der Waals surface area contributed by atoms with E-state index in [4.69, 9.17) is 24.3 Å². The number of esters is 2. The summed E-state index contributed by atoms with van der Waals surface area (Å²) in [6.45, 7) is 3.68. The van der Waals surface area contributed by atoms with E-state index in [9.17, 15) is 19.0 Å². The van der Waals surface area contributed by atoms with Crippen LogP contribution in [-0.2, 0) is 32.7 Å². The summed E-state index contributed by atoms with van der Waals surface area (Å²) < 4.78 is 33.2. The zero-order valence-corrected chi connectivity index (χ0v) is 56.7. The first-order valence-electron chi connectivity index (χ1n) is 36.4. The minimum absolute atomic E-state index is 0.0543. The van der Waals surface area contributed by atoms with Crippen molar-refractivity contribution < 1.29 is 37.6 Å². The Bertz CT molecular complexity index is 1620. The van der Waals surface area contributed by atoms with Crippen molar-refractivity contribution in [3.05, 3.63) is 72.9 Å². The van der Waals surface area contributed by atoms with Gasteiger partial charge in [0.1, 0.15) is 6.61 Å². The number of carbonyl (C=O) groups is 2. The summed E-state index contributed by atoms with van der Waals surface area (Å²) in [5.74, 6) is -0.809. The summed E-state index contributed by atoms with van der Waals surface area (Å²) in [7, 11) is -4.39. The molecule has 0 aliphatic carbocycles. The van der Waals surface area contributed by atoms with Crippen LogP contribution in [0, 0.1) is 0 Å². The molecule has 0 fully saturated rings. The maximum atomic E-state index is 12.8. The molecule has 85 heavy (non-hydrogen) atoms. The Morgan fingerprint density at radius 1 is 0.365 bits per heavy atom. The second-order valence-corrected chi connectivity index (χ2v) is 25.9. The van der Waals surface area contributed by atoms with Gasteiger partial charge in [-0.1, -0.05) is 337 Å². The van der Waals surface area contributed by atoms with Gasteiger partial charge in [-0.2, -0.15) is 0 Å². The summed E-state index contributed by atoms with van der Waals surface area (Å²) in [5, 5.41) is 0. The number of phosphoric acid groups is 1. The SMILES string of the molecule is CC/C=C\C/C=C\C/C=C\C/C=C\CCCCCCCCCCCCCCCCCCCCCCCCC(=O)OC(COC(=O)CCCCCCCCCCCCCCCCCCC/C=C\C/C=C\CCCCCCC)COP(=O)(O)OCCN. The standard InChI is InChI=1S/C75H138NO8P/c1-3-5-7-9-11-13-15-17-19-21-23-25-27-29-31-33-34-35-36-37-38-40-42-44-46-48-50-52-54-56-58-60-62-64-66-68-75(78)84-73(72-83-85(79,80)82-70-69-76)71-81-74(77)67-65-63-61-59-57-55-53-51-49-47-45-43-41-39-32-30-28-26-24-22-20-18-16-14-12-10-8-6-4-2/h5,7,11,13,16-19,22-25,73H,3-4,6,8-10,12,14-15,20-21,26-72,76H2,1-2H3,(H,79,80)/b7-5-,13-11-,18-16-,19-17-,24-22-,25-23-. The lowest BCUT2D eigenvalue weighted by molar-refractivity contribution is -0.161. The summed E-state index contributed by atoms with van der Waals surface area (Å²) in [6, 6.07) is 0. The molecule has 0 spiro atoms. The van der Waals surface area contributed by atoms with Crippen LogP contribution in [0.15, 0.2) is 72.9 Å². The minimum atomic E-state index is -4.39. The fourth-order valence-electron chi connectivity index (χ4n) is 10.7. The second-order valence-electron chi connectivity index (χ2n) is 24.4. The van der Waals surface area contributed by atoms with Crippen molar-refractivity contribution in [2.45, 2.75) is 367 Å². The molecule has 3 N–H and O–H groups in total. The van der Waals surface area contributed by atoms with Crippen LogP contribution in [0.5, 0.6) is 0 Å². The second kappa shape index (κ2) is 70.5. The first kappa shape index (κ1) is 82.5. The molecule has 0 aromatic rings. The Labute approximate surface area is 526 Å². The van der Waals surface area contributed by atoms with Crippen LogP contribution in [0.4, 0.5) is 0 Å². The van der Waals surface area contributed by atoms with E-state index in [1.165, 1.54) is 263 Å². The van der Waals surface area contributed by atoms with Crippen LogP contribution in [0.25, 0.3) is 0 Å². The average Bonchev–Trinajstić information content (AvgIpc) is 3.52. The van der Waals surface area contributed by atoms with Gasteiger partial charge in [0.25, 0.3) is 0 Å². The zero-order chi connectivity index (χ0) is 61.6. The molecule has 0 aliphatic heterocycles. The average molecular weight is 1210 g/mol. The molecule has 9 nitrogen and oxygen atoms in total. The van der Waals surface area contributed by atoms with Gasteiger partial charge in [-0.25, -0.2) is 4.57 Å². The minimum Gasteiger partial charge on any atom is -0.462 e. The maximum Gasteiger partial charge on any atom is 0.472 e. The fraction of sp³-hybridized carbons (Fsp3) is 0.813. The van der Waals surface area contributed by atoms with Gasteiger partial charge in [-0.3, -0.25) is 18.6 Å². The fourth-order valence-corrected chi connectivity index (χ4v) is 11.5. The largest absolute Gasteiger partial charge is 0.472 e. The Kier molecular flexibility index (Phi) is 68.4. The Balaban J connectivity index is 3.81. The van der Waals surface area contributed by atoms with Gasteiger partial charge in [-0.05, 0) is 83.5 Å². The molecule has 0 radical (unpaired) electrons. The lowest BCUT2D eigenvalue weighted by Crippen LogP contribution is -2.29. The number of carbonyl (C=O) groups excluding carboxylic acids is 2. The highest BCUT2D eigenvalue weighted by Gasteiger charge is 2.26. The van der Waals surface area contributed by atoms with Gasteiger partial charge < -0.3 is 20.1 Å². The van der Waals surface area contributed by atoms with Crippen molar-refractivity contribution in [3.8, 4) is 0 Å². The number of hydrogen-bond donors (Lipinski definition) is 2. The number of allylic oxidation sites excluding steroid dienone is 12. The first-order valence-corrected chi connectivity index (χ1v) is 37.9. The van der Waals surface area contributed by atoms with Gasteiger partial charge in [0.15, 0.2) is 6.10 Å². The van der Waals surface area contributed by atoms with Gasteiger partial charge in [0.05, 0.1) is 13.2 Å². The lowest BCUT2D eigenvalue weighted by atomic mass is 10.0. The molecule has 0 saturated heterocycles. The molecule has 2 atom stereocenters. The Morgan fingerprint density at radius 2 is 0.647 bits per heavy atom. The summed E-state index contributed by atoms with van der Waals surface area (Å²) in [5.41, 5.74) is 5.41. The number of rotatable bonds is 69. The van der Waals surface area contributed by atoms with Crippen LogP contribution < -0.4 is 5.73 Å². The number of hydrogen-bond acceptors (Lipinski definition) is 8. The molecule has 2 unspecified atom stereocenters. The number of phosphoric ester groups is 1. The summed E-state index contributed by atoms with van der Waals surface area (Å²) in [6.07, 6.45) is 93.0. The van der Waals surface area contributed by atoms with Crippen molar-refractivity contribution >= 4 is 19.8 Å². The van der Waals surface area contributed by atoms with E-state index < -0.39 is 26.5 Å². The highest BCUT2D eigenvalue weighted by atomic mass is 31.2. The zero-order valence-electron chi connectivity index (χ0n) is 55.8. The van der Waals surface area contributed by atoms with E-state index >= 15 is 0 Å². The molecule has 496 valence electrons. The van der Waals surface area contributed by atoms with Gasteiger partial charge in [0.2, 0.25) is 0 Å². The molecule has 0 rings (SSSR count). The maximum absolute atomic E-state index is 12.8. The van der Waals surface area contributed by atoms with Crippen LogP contribution in [0.1, 0.15) is 361 Å². The Morgan fingerprint density at radius 3 is 0.965 bits per heavy atom. The van der Waals surface area contributed by atoms with E-state index in [-0.39, 0.29) is 38.6 Å². The molecule has 0 heterocycles. The van der Waals surface area contributed by atoms with E-state index in [1.807, 2.05) is 0 Å². The monoisotopic (exact) mass is 1210 g/mol. The summed E-state index contributed by atoms with van der Waals surface area (Å²) >= 11 is 0. The van der Waals surface area contributed by atoms with Crippen molar-refractivity contribution in [1.82, 2.24) is 0 Å². The molecular formula is C75H138NO8P. The molecule has 0 bridgehead atoms. The molecular weight excluding hydrogens is 1070 g/mol. The first-order chi connectivity index (χ1) is 41.8. The molecule has 0 aliphatic rings. The van der Waals surface area contributed by atoms with Crippen molar-refractivity contribution in [2.75, 3.05) is 26.4 Å². The number of unbranched alkanes of at least 4 members (excludes halogenated alkanes) is 44. The number of nitrogens with two attached hydrogens (primary N) is 1. The molecule has 0 amide bonds. The molecule has 10 heteroatoms. The highest BCUT2D eigenvalue weighted by Crippen LogP contribution is 2.43. The topological polar surface area (TPSA) is 134 Å². The summed E-state index contributed by atoms with van der Waals surface area (Å²) in [4.78, 5) is 35.4. The highest BCUT2D eigenvalue weighted by molar-refractivity contribution is 7.47. The Hall–Kier alpha value is -2.55. The van der Waals surface area contributed by atoms with Crippen molar-refractivity contribution in [1.29, 1.82) is 0 Å². The predicted molar refractivity (Wildman–Crippen MR) is 367 cm³/mol. The van der Waals surface area contributed by atoms with Gasteiger partial charge in [0, 0.05) is 19.4 Å². The van der Waals surface area contributed by atoms with Crippen LogP contribution >= 0.6 is 7.82 Å². The van der Waals surface area contributed by atoms with E-state index in [0.29, 0.717) is 6.42 Å². The van der Waals surface area contributed by atoms with E-state index in [2.05, 4.69) is 86.8 Å². The molecule has 0 saturated carbocycles. The molecule has 0 aromatic heterocycles. The van der Waals surface area contributed by atoms with Crippen LogP contribution in [-0.4, -0.2) is 49.3 Å². The lowest BCUT2D eigenvalue weighted by Gasteiger charge is -2.19. The van der Waals surface area contributed by atoms with Gasteiger partial charge >= 0.3 is 19.8 Å².